The predicted molar refractivity (Wildman–Crippen MR) is 70.7 cm³/mol. The summed E-state index contributed by atoms with van der Waals surface area (Å²) >= 11 is 0. The molecule has 2 heterocycles. The number of pyridine rings is 1. The molecule has 0 spiro atoms. The van der Waals surface area contributed by atoms with Gasteiger partial charge in [-0.2, -0.15) is 0 Å². The third kappa shape index (κ3) is 3.65. The van der Waals surface area contributed by atoms with Crippen LogP contribution in [-0.4, -0.2) is 44.7 Å². The van der Waals surface area contributed by atoms with Crippen LogP contribution in [0.2, 0.25) is 0 Å². The largest absolute Gasteiger partial charge is 0.366 e. The van der Waals surface area contributed by atoms with Crippen LogP contribution in [0.3, 0.4) is 0 Å². The van der Waals surface area contributed by atoms with E-state index in [1.807, 2.05) is 13.8 Å². The second-order valence-corrected chi connectivity index (χ2v) is 6.94. The van der Waals surface area contributed by atoms with Gasteiger partial charge in [-0.1, -0.05) is 0 Å². The van der Waals surface area contributed by atoms with Gasteiger partial charge >= 0.3 is 0 Å². The standard InChI is InChI=1S/C12H18N2O4S/c1-12(2)17-8-9(18-12)7-14-11-10(19(3,15)16)5-4-6-13-11/h4-6,9H,7-8H2,1-3H3,(H,13,14). The van der Waals surface area contributed by atoms with Crippen molar-refractivity contribution in [2.75, 3.05) is 24.7 Å². The van der Waals surface area contributed by atoms with Crippen LogP contribution in [0, 0.1) is 0 Å². The Balaban J connectivity index is 2.05. The highest BCUT2D eigenvalue weighted by molar-refractivity contribution is 7.90. The topological polar surface area (TPSA) is 77.5 Å². The molecule has 0 amide bonds. The van der Waals surface area contributed by atoms with Crippen molar-refractivity contribution in [3.8, 4) is 0 Å². The molecule has 0 aliphatic carbocycles. The van der Waals surface area contributed by atoms with E-state index in [-0.39, 0.29) is 11.0 Å². The van der Waals surface area contributed by atoms with Gasteiger partial charge in [-0.3, -0.25) is 0 Å². The number of ether oxygens (including phenoxy) is 2. The number of nitrogens with zero attached hydrogens (tertiary/aromatic N) is 1. The van der Waals surface area contributed by atoms with E-state index in [1.54, 1.807) is 12.3 Å². The molecule has 0 saturated carbocycles. The smallest absolute Gasteiger partial charge is 0.179 e. The summed E-state index contributed by atoms with van der Waals surface area (Å²) in [6.07, 6.45) is 2.59. The van der Waals surface area contributed by atoms with E-state index >= 15 is 0 Å². The van der Waals surface area contributed by atoms with Crippen LogP contribution < -0.4 is 5.32 Å². The van der Waals surface area contributed by atoms with Gasteiger partial charge in [0.1, 0.15) is 16.8 Å². The fraction of sp³-hybridized carbons (Fsp3) is 0.583. The Labute approximate surface area is 113 Å². The SMILES string of the molecule is CC1(C)OCC(CNc2ncccc2S(C)(=O)=O)O1. The molecule has 1 fully saturated rings. The van der Waals surface area contributed by atoms with Crippen molar-refractivity contribution in [2.45, 2.75) is 30.6 Å². The van der Waals surface area contributed by atoms with E-state index in [4.69, 9.17) is 9.47 Å². The van der Waals surface area contributed by atoms with E-state index in [0.717, 1.165) is 6.26 Å². The van der Waals surface area contributed by atoms with Crippen molar-refractivity contribution in [1.82, 2.24) is 4.98 Å². The first-order valence-corrected chi connectivity index (χ1v) is 7.88. The minimum atomic E-state index is -3.30. The average Bonchev–Trinajstić information content (AvgIpc) is 2.66. The van der Waals surface area contributed by atoms with E-state index in [0.29, 0.717) is 19.0 Å². The fourth-order valence-corrected chi connectivity index (χ4v) is 2.70. The Hall–Kier alpha value is -1.18. The lowest BCUT2D eigenvalue weighted by Crippen LogP contribution is -2.26. The Morgan fingerprint density at radius 1 is 1.53 bits per heavy atom. The van der Waals surface area contributed by atoms with Crippen molar-refractivity contribution in [3.05, 3.63) is 18.3 Å². The molecule has 1 atom stereocenters. The molecular formula is C12H18N2O4S. The summed E-state index contributed by atoms with van der Waals surface area (Å²) < 4.78 is 34.3. The number of sulfone groups is 1. The fourth-order valence-electron chi connectivity index (χ4n) is 1.90. The Kier molecular flexibility index (Phi) is 3.80. The molecule has 0 bridgehead atoms. The van der Waals surface area contributed by atoms with E-state index in [9.17, 15) is 8.42 Å². The summed E-state index contributed by atoms with van der Waals surface area (Å²) in [6, 6.07) is 3.13. The summed E-state index contributed by atoms with van der Waals surface area (Å²) in [5.41, 5.74) is 0. The third-order valence-corrected chi connectivity index (χ3v) is 3.86. The van der Waals surface area contributed by atoms with Crippen molar-refractivity contribution in [1.29, 1.82) is 0 Å². The zero-order valence-electron chi connectivity index (χ0n) is 11.2. The zero-order valence-corrected chi connectivity index (χ0v) is 12.0. The minimum Gasteiger partial charge on any atom is -0.366 e. The Bertz CT molecular complexity index is 557. The van der Waals surface area contributed by atoms with Crippen molar-refractivity contribution < 1.29 is 17.9 Å². The van der Waals surface area contributed by atoms with Gasteiger partial charge in [0, 0.05) is 19.0 Å². The van der Waals surface area contributed by atoms with Crippen LogP contribution in [0.15, 0.2) is 23.2 Å². The molecule has 1 aliphatic rings. The normalized spacial score (nSPS) is 22.4. The van der Waals surface area contributed by atoms with E-state index in [2.05, 4.69) is 10.3 Å². The number of nitrogens with one attached hydrogen (secondary N) is 1. The molecule has 7 heteroatoms. The zero-order chi connectivity index (χ0) is 14.1. The first-order chi connectivity index (χ1) is 8.78. The summed E-state index contributed by atoms with van der Waals surface area (Å²) in [5.74, 6) is -0.242. The lowest BCUT2D eigenvalue weighted by Gasteiger charge is -2.17. The molecule has 1 aromatic rings. The number of rotatable bonds is 4. The quantitative estimate of drug-likeness (QED) is 0.891. The Morgan fingerprint density at radius 3 is 2.84 bits per heavy atom. The molecule has 1 aromatic heterocycles. The van der Waals surface area contributed by atoms with Gasteiger partial charge in [0.05, 0.1) is 6.61 Å². The first kappa shape index (κ1) is 14.2. The summed E-state index contributed by atoms with van der Waals surface area (Å²) in [7, 11) is -3.30. The van der Waals surface area contributed by atoms with Gasteiger partial charge in [-0.15, -0.1) is 0 Å². The second-order valence-electron chi connectivity index (χ2n) is 4.95. The summed E-state index contributed by atoms with van der Waals surface area (Å²) in [5, 5.41) is 3.00. The van der Waals surface area contributed by atoms with Crippen LogP contribution in [0.25, 0.3) is 0 Å². The van der Waals surface area contributed by atoms with Crippen molar-refractivity contribution >= 4 is 15.7 Å². The van der Waals surface area contributed by atoms with Crippen LogP contribution in [0.4, 0.5) is 5.82 Å². The highest BCUT2D eigenvalue weighted by Gasteiger charge is 2.32. The molecule has 19 heavy (non-hydrogen) atoms. The molecule has 2 rings (SSSR count). The number of aromatic nitrogens is 1. The number of hydrogen-bond acceptors (Lipinski definition) is 6. The monoisotopic (exact) mass is 286 g/mol. The summed E-state index contributed by atoms with van der Waals surface area (Å²) in [4.78, 5) is 4.24. The molecule has 1 saturated heterocycles. The lowest BCUT2D eigenvalue weighted by molar-refractivity contribution is -0.136. The highest BCUT2D eigenvalue weighted by atomic mass is 32.2. The second kappa shape index (κ2) is 5.07. The molecule has 0 radical (unpaired) electrons. The van der Waals surface area contributed by atoms with Crippen molar-refractivity contribution in [2.24, 2.45) is 0 Å². The number of hydrogen-bond donors (Lipinski definition) is 1. The molecule has 6 nitrogen and oxygen atoms in total. The van der Waals surface area contributed by atoms with Crippen LogP contribution >= 0.6 is 0 Å². The first-order valence-electron chi connectivity index (χ1n) is 5.99. The lowest BCUT2D eigenvalue weighted by atomic mass is 10.3. The maximum Gasteiger partial charge on any atom is 0.179 e. The molecule has 0 aromatic carbocycles. The van der Waals surface area contributed by atoms with Gasteiger partial charge in [-0.25, -0.2) is 13.4 Å². The van der Waals surface area contributed by atoms with Gasteiger partial charge < -0.3 is 14.8 Å². The van der Waals surface area contributed by atoms with Crippen LogP contribution in [0.5, 0.6) is 0 Å². The van der Waals surface area contributed by atoms with Gasteiger partial charge in [-0.05, 0) is 26.0 Å². The molecule has 1 N–H and O–H groups in total. The maximum absolute atomic E-state index is 11.6. The average molecular weight is 286 g/mol. The molecular weight excluding hydrogens is 268 g/mol. The van der Waals surface area contributed by atoms with Crippen LogP contribution in [0.1, 0.15) is 13.8 Å². The minimum absolute atomic E-state index is 0.121. The van der Waals surface area contributed by atoms with Crippen molar-refractivity contribution in [3.63, 3.8) is 0 Å². The predicted octanol–water partition coefficient (Wildman–Crippen LogP) is 1.05. The van der Waals surface area contributed by atoms with Crippen LogP contribution in [-0.2, 0) is 19.3 Å². The Morgan fingerprint density at radius 2 is 2.26 bits per heavy atom. The molecule has 106 valence electrons. The highest BCUT2D eigenvalue weighted by Crippen LogP contribution is 2.23. The van der Waals surface area contributed by atoms with Gasteiger partial charge in [0.2, 0.25) is 0 Å². The van der Waals surface area contributed by atoms with E-state index in [1.165, 1.54) is 6.07 Å². The van der Waals surface area contributed by atoms with Gasteiger partial charge in [0.15, 0.2) is 15.6 Å². The maximum atomic E-state index is 11.6. The van der Waals surface area contributed by atoms with Gasteiger partial charge in [0.25, 0.3) is 0 Å². The summed E-state index contributed by atoms with van der Waals surface area (Å²) in [6.45, 7) is 4.61. The molecule has 1 unspecified atom stereocenters. The third-order valence-electron chi connectivity index (χ3n) is 2.73. The van der Waals surface area contributed by atoms with E-state index < -0.39 is 15.6 Å². The molecule has 1 aliphatic heterocycles. The number of anilines is 1.